The molecule has 2 aliphatic rings. The predicted octanol–water partition coefficient (Wildman–Crippen LogP) is 1.52. The minimum Gasteiger partial charge on any atom is -0.373 e. The van der Waals surface area contributed by atoms with Gasteiger partial charge in [-0.2, -0.15) is 0 Å². The van der Waals surface area contributed by atoms with Crippen LogP contribution in [0.2, 0.25) is 0 Å². The molecule has 2 unspecified atom stereocenters. The maximum atomic E-state index is 5.96. The monoisotopic (exact) mass is 309 g/mol. The lowest BCUT2D eigenvalue weighted by Crippen LogP contribution is -2.48. The topological polar surface area (TPSA) is 62.3 Å². The maximum absolute atomic E-state index is 5.96. The van der Waals surface area contributed by atoms with E-state index in [1.165, 1.54) is 19.4 Å². The van der Waals surface area contributed by atoms with Crippen molar-refractivity contribution in [2.24, 2.45) is 0 Å². The first-order chi connectivity index (χ1) is 10.3. The molecule has 0 bridgehead atoms. The first-order valence-corrected chi connectivity index (χ1v) is 8.71. The third-order valence-electron chi connectivity index (χ3n) is 4.12. The van der Waals surface area contributed by atoms with Gasteiger partial charge in [0.2, 0.25) is 0 Å². The lowest BCUT2D eigenvalue weighted by molar-refractivity contribution is -0.0416. The standard InChI is InChI=1S/C14H23N5OS/c1-15-12-6-13(18-14(17-12)21-2)16-7-11-8-19-5-3-4-10(19)9-20-11/h6,10-11H,3-5,7-9H2,1-2H3,(H2,15,16,17,18). The van der Waals surface area contributed by atoms with Crippen molar-refractivity contribution < 1.29 is 4.74 Å². The molecule has 2 saturated heterocycles. The van der Waals surface area contributed by atoms with Crippen molar-refractivity contribution in [3.63, 3.8) is 0 Å². The van der Waals surface area contributed by atoms with Crippen molar-refractivity contribution in [3.8, 4) is 0 Å². The highest BCUT2D eigenvalue weighted by molar-refractivity contribution is 7.98. The lowest BCUT2D eigenvalue weighted by Gasteiger charge is -2.35. The van der Waals surface area contributed by atoms with Crippen molar-refractivity contribution in [2.75, 3.05) is 50.2 Å². The molecule has 2 aliphatic heterocycles. The zero-order chi connectivity index (χ0) is 14.7. The van der Waals surface area contributed by atoms with Gasteiger partial charge >= 0.3 is 0 Å². The summed E-state index contributed by atoms with van der Waals surface area (Å²) in [4.78, 5) is 11.4. The molecule has 0 saturated carbocycles. The van der Waals surface area contributed by atoms with Crippen molar-refractivity contribution >= 4 is 23.4 Å². The Bertz CT molecular complexity index is 464. The normalized spacial score (nSPS) is 25.6. The number of nitrogens with zero attached hydrogens (tertiary/aromatic N) is 3. The Hall–Kier alpha value is -1.05. The van der Waals surface area contributed by atoms with Crippen LogP contribution in [0.4, 0.5) is 11.6 Å². The predicted molar refractivity (Wildman–Crippen MR) is 86.2 cm³/mol. The van der Waals surface area contributed by atoms with E-state index >= 15 is 0 Å². The SMILES string of the molecule is CNc1cc(NCC2CN3CCCC3CO2)nc(SC)n1. The molecule has 1 aromatic heterocycles. The van der Waals surface area contributed by atoms with Gasteiger partial charge in [0, 0.05) is 32.2 Å². The Morgan fingerprint density at radius 2 is 2.29 bits per heavy atom. The highest BCUT2D eigenvalue weighted by Crippen LogP contribution is 2.23. The van der Waals surface area contributed by atoms with E-state index in [0.29, 0.717) is 6.04 Å². The van der Waals surface area contributed by atoms with Gasteiger partial charge in [-0.1, -0.05) is 11.8 Å². The fraction of sp³-hybridized carbons (Fsp3) is 0.714. The molecule has 0 amide bonds. The van der Waals surface area contributed by atoms with Crippen LogP contribution in [-0.4, -0.2) is 66.6 Å². The van der Waals surface area contributed by atoms with E-state index in [1.54, 1.807) is 11.8 Å². The minimum atomic E-state index is 0.241. The van der Waals surface area contributed by atoms with Gasteiger partial charge in [-0.3, -0.25) is 4.90 Å². The molecule has 0 spiro atoms. The first kappa shape index (κ1) is 14.9. The smallest absolute Gasteiger partial charge is 0.191 e. The van der Waals surface area contributed by atoms with Gasteiger partial charge in [-0.15, -0.1) is 0 Å². The third-order valence-corrected chi connectivity index (χ3v) is 4.66. The van der Waals surface area contributed by atoms with Crippen LogP contribution in [0, 0.1) is 0 Å². The van der Waals surface area contributed by atoms with Gasteiger partial charge in [-0.25, -0.2) is 9.97 Å². The number of morpholine rings is 1. The van der Waals surface area contributed by atoms with Gasteiger partial charge in [0.25, 0.3) is 0 Å². The number of fused-ring (bicyclic) bond motifs is 1. The molecular weight excluding hydrogens is 286 g/mol. The number of aromatic nitrogens is 2. The molecule has 0 radical (unpaired) electrons. The van der Waals surface area contributed by atoms with Crippen molar-refractivity contribution in [1.82, 2.24) is 14.9 Å². The van der Waals surface area contributed by atoms with Crippen LogP contribution in [0.5, 0.6) is 0 Å². The molecule has 2 atom stereocenters. The highest BCUT2D eigenvalue weighted by atomic mass is 32.2. The molecule has 116 valence electrons. The summed E-state index contributed by atoms with van der Waals surface area (Å²) >= 11 is 1.54. The summed E-state index contributed by atoms with van der Waals surface area (Å²) in [6, 6.07) is 2.58. The lowest BCUT2D eigenvalue weighted by atomic mass is 10.2. The Morgan fingerprint density at radius 1 is 1.43 bits per heavy atom. The molecule has 3 rings (SSSR count). The van der Waals surface area contributed by atoms with E-state index in [4.69, 9.17) is 4.74 Å². The minimum absolute atomic E-state index is 0.241. The zero-order valence-corrected chi connectivity index (χ0v) is 13.4. The summed E-state index contributed by atoms with van der Waals surface area (Å²) in [5, 5.41) is 7.23. The van der Waals surface area contributed by atoms with Crippen LogP contribution in [0.15, 0.2) is 11.2 Å². The van der Waals surface area contributed by atoms with E-state index in [9.17, 15) is 0 Å². The van der Waals surface area contributed by atoms with E-state index in [2.05, 4.69) is 25.5 Å². The number of anilines is 2. The molecule has 21 heavy (non-hydrogen) atoms. The van der Waals surface area contributed by atoms with Gasteiger partial charge in [0.15, 0.2) is 5.16 Å². The third kappa shape index (κ3) is 3.59. The average Bonchev–Trinajstić information content (AvgIpc) is 3.00. The van der Waals surface area contributed by atoms with Crippen LogP contribution in [0.25, 0.3) is 0 Å². The molecule has 1 aromatic rings. The quantitative estimate of drug-likeness (QED) is 0.631. The Morgan fingerprint density at radius 3 is 3.10 bits per heavy atom. The van der Waals surface area contributed by atoms with Crippen molar-refractivity contribution in [1.29, 1.82) is 0 Å². The van der Waals surface area contributed by atoms with Crippen LogP contribution in [0.3, 0.4) is 0 Å². The molecule has 3 heterocycles. The van der Waals surface area contributed by atoms with Gasteiger partial charge in [0.05, 0.1) is 12.7 Å². The summed E-state index contributed by atoms with van der Waals surface area (Å²) in [7, 11) is 1.87. The number of rotatable bonds is 5. The molecule has 0 aromatic carbocycles. The molecular formula is C14H23N5OS. The second-order valence-electron chi connectivity index (χ2n) is 5.50. The number of thioether (sulfide) groups is 1. The number of hydrogen-bond acceptors (Lipinski definition) is 7. The molecule has 0 aliphatic carbocycles. The van der Waals surface area contributed by atoms with E-state index in [0.717, 1.165) is 36.5 Å². The fourth-order valence-corrected chi connectivity index (χ4v) is 3.34. The molecule has 2 N–H and O–H groups in total. The van der Waals surface area contributed by atoms with E-state index in [1.807, 2.05) is 19.4 Å². The number of hydrogen-bond donors (Lipinski definition) is 2. The van der Waals surface area contributed by atoms with Crippen molar-refractivity contribution in [3.05, 3.63) is 6.07 Å². The van der Waals surface area contributed by atoms with Gasteiger partial charge < -0.3 is 15.4 Å². The Labute approximate surface area is 130 Å². The van der Waals surface area contributed by atoms with Crippen molar-refractivity contribution in [2.45, 2.75) is 30.1 Å². The van der Waals surface area contributed by atoms with Gasteiger partial charge in [0.1, 0.15) is 11.6 Å². The van der Waals surface area contributed by atoms with Crippen LogP contribution in [0.1, 0.15) is 12.8 Å². The Kier molecular flexibility index (Phi) is 4.82. The first-order valence-electron chi connectivity index (χ1n) is 7.49. The summed E-state index contributed by atoms with van der Waals surface area (Å²) in [6.07, 6.45) is 4.82. The number of nitrogens with one attached hydrogen (secondary N) is 2. The zero-order valence-electron chi connectivity index (χ0n) is 12.6. The summed E-state index contributed by atoms with van der Waals surface area (Å²) in [5.41, 5.74) is 0. The number of ether oxygens (including phenoxy) is 1. The second kappa shape index (κ2) is 6.81. The maximum Gasteiger partial charge on any atom is 0.191 e. The van der Waals surface area contributed by atoms with Crippen LogP contribution >= 0.6 is 11.8 Å². The van der Waals surface area contributed by atoms with Crippen LogP contribution < -0.4 is 10.6 Å². The molecule has 7 heteroatoms. The van der Waals surface area contributed by atoms with E-state index in [-0.39, 0.29) is 6.10 Å². The highest BCUT2D eigenvalue weighted by Gasteiger charge is 2.31. The second-order valence-corrected chi connectivity index (χ2v) is 6.28. The van der Waals surface area contributed by atoms with Gasteiger partial charge in [-0.05, 0) is 25.6 Å². The summed E-state index contributed by atoms with van der Waals surface area (Å²) in [5.74, 6) is 1.69. The largest absolute Gasteiger partial charge is 0.373 e. The molecule has 2 fully saturated rings. The summed E-state index contributed by atoms with van der Waals surface area (Å²) < 4.78 is 5.96. The molecule has 6 nitrogen and oxygen atoms in total. The summed E-state index contributed by atoms with van der Waals surface area (Å²) in [6.45, 7) is 3.90. The van der Waals surface area contributed by atoms with Crippen LogP contribution in [-0.2, 0) is 4.74 Å². The fourth-order valence-electron chi connectivity index (χ4n) is 2.96. The van der Waals surface area contributed by atoms with E-state index < -0.39 is 0 Å². The average molecular weight is 309 g/mol. The Balaban J connectivity index is 1.57.